The number of likely N-dealkylation sites (N-methyl/N-ethyl adjacent to an activating group) is 1. The normalized spacial score (nSPS) is 21.2. The Morgan fingerprint density at radius 1 is 1.13 bits per heavy atom. The van der Waals surface area contributed by atoms with E-state index in [1.165, 1.54) is 32.1 Å². The average molecular weight is 212 g/mol. The third kappa shape index (κ3) is 4.52. The summed E-state index contributed by atoms with van der Waals surface area (Å²) in [5.74, 6) is 0.732. The van der Waals surface area contributed by atoms with E-state index in [-0.39, 0.29) is 0 Å². The maximum absolute atomic E-state index is 3.74. The van der Waals surface area contributed by atoms with Crippen molar-refractivity contribution < 1.29 is 0 Å². The van der Waals surface area contributed by atoms with E-state index in [1.54, 1.807) is 0 Å². The van der Waals surface area contributed by atoms with Crippen LogP contribution in [0.4, 0.5) is 0 Å². The summed E-state index contributed by atoms with van der Waals surface area (Å²) in [6.07, 6.45) is 7.06. The average Bonchev–Trinajstić information content (AvgIpc) is 2.18. The Labute approximate surface area is 95.4 Å². The van der Waals surface area contributed by atoms with Crippen LogP contribution in [0.3, 0.4) is 0 Å². The Hall–Kier alpha value is -0.0800. The minimum absolute atomic E-state index is 0.673. The van der Waals surface area contributed by atoms with Gasteiger partial charge in [-0.2, -0.15) is 0 Å². The number of rotatable bonds is 5. The maximum Gasteiger partial charge on any atom is 0.0237 e. The highest BCUT2D eigenvalue weighted by atomic mass is 15.1. The molecule has 0 aromatic heterocycles. The molecular formula is C13H28N2. The van der Waals surface area contributed by atoms with E-state index in [2.05, 4.69) is 38.2 Å². The molecule has 0 bridgehead atoms. The lowest BCUT2D eigenvalue weighted by atomic mass is 9.94. The Kier molecular flexibility index (Phi) is 5.62. The lowest BCUT2D eigenvalue weighted by molar-refractivity contribution is 0.212. The summed E-state index contributed by atoms with van der Waals surface area (Å²) in [6, 6.07) is 1.46. The van der Waals surface area contributed by atoms with E-state index in [1.807, 2.05) is 0 Å². The first-order valence-electron chi connectivity index (χ1n) is 6.51. The zero-order valence-electron chi connectivity index (χ0n) is 10.9. The van der Waals surface area contributed by atoms with Crippen LogP contribution in [0, 0.1) is 5.92 Å². The highest BCUT2D eigenvalue weighted by molar-refractivity contribution is 4.78. The van der Waals surface area contributed by atoms with Gasteiger partial charge in [0.1, 0.15) is 0 Å². The van der Waals surface area contributed by atoms with Gasteiger partial charge in [-0.1, -0.05) is 33.1 Å². The second-order valence-corrected chi connectivity index (χ2v) is 5.52. The minimum Gasteiger partial charge on any atom is -0.312 e. The van der Waals surface area contributed by atoms with Crippen molar-refractivity contribution >= 4 is 0 Å². The molecular weight excluding hydrogens is 184 g/mol. The van der Waals surface area contributed by atoms with Crippen LogP contribution in [-0.2, 0) is 0 Å². The van der Waals surface area contributed by atoms with Crippen LogP contribution in [-0.4, -0.2) is 37.6 Å². The molecule has 2 heteroatoms. The molecule has 1 unspecified atom stereocenters. The van der Waals surface area contributed by atoms with Gasteiger partial charge in [0.2, 0.25) is 0 Å². The van der Waals surface area contributed by atoms with E-state index in [4.69, 9.17) is 0 Å². The molecule has 90 valence electrons. The van der Waals surface area contributed by atoms with Crippen LogP contribution in [0.25, 0.3) is 0 Å². The van der Waals surface area contributed by atoms with Gasteiger partial charge in [-0.05, 0) is 32.9 Å². The number of hydrogen-bond donors (Lipinski definition) is 1. The standard InChI is InChI=1S/C13H28N2/c1-11(2)13(15(3)4)10-14-12-8-6-5-7-9-12/h11-14H,5-10H2,1-4H3. The molecule has 1 rings (SSSR count). The molecule has 0 spiro atoms. The number of nitrogens with zero attached hydrogens (tertiary/aromatic N) is 1. The fourth-order valence-electron chi connectivity index (χ4n) is 2.61. The summed E-state index contributed by atoms with van der Waals surface area (Å²) >= 11 is 0. The summed E-state index contributed by atoms with van der Waals surface area (Å²) in [4.78, 5) is 2.35. The zero-order chi connectivity index (χ0) is 11.3. The first-order valence-corrected chi connectivity index (χ1v) is 6.51. The van der Waals surface area contributed by atoms with E-state index in [9.17, 15) is 0 Å². The second kappa shape index (κ2) is 6.49. The van der Waals surface area contributed by atoms with Crippen molar-refractivity contribution in [2.45, 2.75) is 58.0 Å². The quantitative estimate of drug-likeness (QED) is 0.753. The third-order valence-corrected chi connectivity index (χ3v) is 3.65. The largest absolute Gasteiger partial charge is 0.312 e. The summed E-state index contributed by atoms with van der Waals surface area (Å²) in [5, 5.41) is 3.74. The zero-order valence-corrected chi connectivity index (χ0v) is 10.9. The predicted molar refractivity (Wildman–Crippen MR) is 67.2 cm³/mol. The van der Waals surface area contributed by atoms with Crippen LogP contribution in [0.1, 0.15) is 46.0 Å². The first kappa shape index (κ1) is 13.0. The fourth-order valence-corrected chi connectivity index (χ4v) is 2.61. The predicted octanol–water partition coefficient (Wildman–Crippen LogP) is 2.49. The summed E-state index contributed by atoms with van der Waals surface area (Å²) in [6.45, 7) is 5.77. The second-order valence-electron chi connectivity index (χ2n) is 5.52. The van der Waals surface area contributed by atoms with Crippen molar-refractivity contribution in [2.24, 2.45) is 5.92 Å². The topological polar surface area (TPSA) is 15.3 Å². The lowest BCUT2D eigenvalue weighted by Gasteiger charge is -2.31. The molecule has 0 radical (unpaired) electrons. The Morgan fingerprint density at radius 3 is 2.20 bits per heavy atom. The van der Waals surface area contributed by atoms with Gasteiger partial charge in [-0.3, -0.25) is 0 Å². The third-order valence-electron chi connectivity index (χ3n) is 3.65. The van der Waals surface area contributed by atoms with E-state index >= 15 is 0 Å². The maximum atomic E-state index is 3.74. The number of hydrogen-bond acceptors (Lipinski definition) is 2. The summed E-state index contributed by atoms with van der Waals surface area (Å²) < 4.78 is 0. The highest BCUT2D eigenvalue weighted by Gasteiger charge is 2.18. The molecule has 1 fully saturated rings. The fraction of sp³-hybridized carbons (Fsp3) is 1.00. The molecule has 1 aliphatic carbocycles. The van der Waals surface area contributed by atoms with Crippen molar-refractivity contribution in [3.63, 3.8) is 0 Å². The van der Waals surface area contributed by atoms with E-state index in [0.717, 1.165) is 18.5 Å². The Balaban J connectivity index is 2.26. The van der Waals surface area contributed by atoms with Crippen molar-refractivity contribution in [1.82, 2.24) is 10.2 Å². The lowest BCUT2D eigenvalue weighted by Crippen LogP contribution is -2.45. The van der Waals surface area contributed by atoms with Crippen LogP contribution in [0.2, 0.25) is 0 Å². The molecule has 1 atom stereocenters. The SMILES string of the molecule is CC(C)C(CNC1CCCCC1)N(C)C. The van der Waals surface area contributed by atoms with Crippen molar-refractivity contribution in [2.75, 3.05) is 20.6 Å². The molecule has 0 saturated heterocycles. The van der Waals surface area contributed by atoms with Gasteiger partial charge in [0, 0.05) is 18.6 Å². The molecule has 1 N–H and O–H groups in total. The van der Waals surface area contributed by atoms with Crippen LogP contribution in [0.15, 0.2) is 0 Å². The van der Waals surface area contributed by atoms with Crippen LogP contribution >= 0.6 is 0 Å². The Bertz CT molecular complexity index is 152. The van der Waals surface area contributed by atoms with Gasteiger partial charge < -0.3 is 10.2 Å². The van der Waals surface area contributed by atoms with Crippen LogP contribution in [0.5, 0.6) is 0 Å². The van der Waals surface area contributed by atoms with Gasteiger partial charge in [0.25, 0.3) is 0 Å². The molecule has 0 aliphatic heterocycles. The Morgan fingerprint density at radius 2 is 1.73 bits per heavy atom. The molecule has 2 nitrogen and oxygen atoms in total. The highest BCUT2D eigenvalue weighted by Crippen LogP contribution is 2.17. The summed E-state index contributed by atoms with van der Waals surface area (Å²) in [5.41, 5.74) is 0. The van der Waals surface area contributed by atoms with Crippen molar-refractivity contribution in [3.05, 3.63) is 0 Å². The molecule has 1 saturated carbocycles. The minimum atomic E-state index is 0.673. The van der Waals surface area contributed by atoms with Crippen molar-refractivity contribution in [3.8, 4) is 0 Å². The van der Waals surface area contributed by atoms with E-state index < -0.39 is 0 Å². The molecule has 0 heterocycles. The first-order chi connectivity index (χ1) is 7.11. The smallest absolute Gasteiger partial charge is 0.0237 e. The van der Waals surface area contributed by atoms with Gasteiger partial charge in [-0.15, -0.1) is 0 Å². The molecule has 15 heavy (non-hydrogen) atoms. The van der Waals surface area contributed by atoms with Crippen molar-refractivity contribution in [1.29, 1.82) is 0 Å². The van der Waals surface area contributed by atoms with Gasteiger partial charge in [-0.25, -0.2) is 0 Å². The van der Waals surface area contributed by atoms with Gasteiger partial charge in [0.15, 0.2) is 0 Å². The van der Waals surface area contributed by atoms with Gasteiger partial charge >= 0.3 is 0 Å². The molecule has 0 aromatic rings. The molecule has 1 aliphatic rings. The number of nitrogens with one attached hydrogen (secondary N) is 1. The molecule has 0 amide bonds. The van der Waals surface area contributed by atoms with Gasteiger partial charge in [0.05, 0.1) is 0 Å². The monoisotopic (exact) mass is 212 g/mol. The summed E-state index contributed by atoms with van der Waals surface area (Å²) in [7, 11) is 4.38. The van der Waals surface area contributed by atoms with E-state index in [0.29, 0.717) is 6.04 Å². The van der Waals surface area contributed by atoms with Crippen LogP contribution < -0.4 is 5.32 Å². The molecule has 0 aromatic carbocycles.